The van der Waals surface area contributed by atoms with Crippen LogP contribution >= 0.6 is 0 Å². The van der Waals surface area contributed by atoms with E-state index < -0.39 is 0 Å². The largest absolute Gasteiger partial charge is 0.395 e. The van der Waals surface area contributed by atoms with Crippen molar-refractivity contribution in [1.82, 2.24) is 9.80 Å². The van der Waals surface area contributed by atoms with Crippen LogP contribution in [0.25, 0.3) is 0 Å². The van der Waals surface area contributed by atoms with Crippen molar-refractivity contribution in [2.45, 2.75) is 19.3 Å². The number of piperidine rings is 1. The fourth-order valence-electron chi connectivity index (χ4n) is 1.84. The molecular formula is C12H19N3O2. The van der Waals surface area contributed by atoms with Gasteiger partial charge in [0.2, 0.25) is 0 Å². The predicted molar refractivity (Wildman–Crippen MR) is 63.8 cm³/mol. The normalized spacial score (nSPS) is 16.5. The molecule has 0 bridgehead atoms. The van der Waals surface area contributed by atoms with Gasteiger partial charge < -0.3 is 14.9 Å². The molecule has 0 radical (unpaired) electrons. The van der Waals surface area contributed by atoms with Crippen molar-refractivity contribution in [2.24, 2.45) is 0 Å². The van der Waals surface area contributed by atoms with E-state index in [4.69, 9.17) is 10.4 Å². The molecule has 5 nitrogen and oxygen atoms in total. The second-order valence-corrected chi connectivity index (χ2v) is 4.21. The summed E-state index contributed by atoms with van der Waals surface area (Å²) in [6.45, 7) is 1.89. The first-order valence-electron chi connectivity index (χ1n) is 5.91. The molecule has 1 rings (SSSR count). The Morgan fingerprint density at radius 1 is 1.47 bits per heavy atom. The topological polar surface area (TPSA) is 67.6 Å². The van der Waals surface area contributed by atoms with Crippen LogP contribution in [0.15, 0.2) is 11.8 Å². The molecule has 17 heavy (non-hydrogen) atoms. The molecule has 0 unspecified atom stereocenters. The summed E-state index contributed by atoms with van der Waals surface area (Å²) in [6, 6.07) is 1.94. The Kier molecular flexibility index (Phi) is 5.50. The first kappa shape index (κ1) is 13.5. The maximum Gasteiger partial charge on any atom is 0.266 e. The number of carbonyl (C=O) groups is 1. The molecule has 0 aromatic heterocycles. The number of hydrogen-bond donors (Lipinski definition) is 1. The monoisotopic (exact) mass is 237 g/mol. The minimum absolute atomic E-state index is 0.00358. The number of likely N-dealkylation sites (tertiary alicyclic amines) is 1. The number of amides is 1. The lowest BCUT2D eigenvalue weighted by Gasteiger charge is -2.26. The lowest BCUT2D eigenvalue weighted by Crippen LogP contribution is -2.36. The van der Waals surface area contributed by atoms with Gasteiger partial charge in [0, 0.05) is 32.9 Å². The van der Waals surface area contributed by atoms with Crippen LogP contribution in [-0.4, -0.2) is 54.1 Å². The Morgan fingerprint density at radius 3 is 2.65 bits per heavy atom. The zero-order chi connectivity index (χ0) is 12.7. The Morgan fingerprint density at radius 2 is 2.12 bits per heavy atom. The van der Waals surface area contributed by atoms with Crippen LogP contribution in [0.5, 0.6) is 0 Å². The highest BCUT2D eigenvalue weighted by Gasteiger charge is 2.20. The van der Waals surface area contributed by atoms with E-state index >= 15 is 0 Å². The highest BCUT2D eigenvalue weighted by Crippen LogP contribution is 2.12. The third-order valence-corrected chi connectivity index (χ3v) is 2.80. The first-order valence-corrected chi connectivity index (χ1v) is 5.91. The van der Waals surface area contributed by atoms with Crippen molar-refractivity contribution in [3.05, 3.63) is 11.8 Å². The van der Waals surface area contributed by atoms with Gasteiger partial charge in [-0.3, -0.25) is 4.79 Å². The zero-order valence-electron chi connectivity index (χ0n) is 10.2. The fourth-order valence-corrected chi connectivity index (χ4v) is 1.84. The van der Waals surface area contributed by atoms with Crippen LogP contribution in [0.3, 0.4) is 0 Å². The Balaban J connectivity index is 2.66. The van der Waals surface area contributed by atoms with E-state index in [1.165, 1.54) is 6.20 Å². The minimum atomic E-state index is -0.197. The van der Waals surface area contributed by atoms with Crippen molar-refractivity contribution in [1.29, 1.82) is 5.26 Å². The zero-order valence-corrected chi connectivity index (χ0v) is 10.2. The van der Waals surface area contributed by atoms with E-state index in [1.807, 2.05) is 6.07 Å². The molecule has 0 aromatic rings. The van der Waals surface area contributed by atoms with Gasteiger partial charge in [0.25, 0.3) is 5.91 Å². The second-order valence-electron chi connectivity index (χ2n) is 4.21. The molecule has 1 N–H and O–H groups in total. The van der Waals surface area contributed by atoms with E-state index in [-0.39, 0.29) is 18.1 Å². The van der Waals surface area contributed by atoms with E-state index in [2.05, 4.69) is 0 Å². The maximum atomic E-state index is 12.0. The predicted octanol–water partition coefficient (Wildman–Crippen LogP) is 0.330. The van der Waals surface area contributed by atoms with Crippen LogP contribution in [0.4, 0.5) is 0 Å². The molecule has 0 aromatic carbocycles. The maximum absolute atomic E-state index is 12.0. The van der Waals surface area contributed by atoms with Crippen molar-refractivity contribution >= 4 is 5.91 Å². The average Bonchev–Trinajstić information content (AvgIpc) is 2.36. The van der Waals surface area contributed by atoms with Crippen molar-refractivity contribution in [3.8, 4) is 6.07 Å². The number of carbonyl (C=O) groups excluding carboxylic acids is 1. The minimum Gasteiger partial charge on any atom is -0.395 e. The van der Waals surface area contributed by atoms with Gasteiger partial charge in [-0.1, -0.05) is 0 Å². The molecule has 1 heterocycles. The van der Waals surface area contributed by atoms with Gasteiger partial charge in [0.05, 0.1) is 6.61 Å². The number of hydrogen-bond acceptors (Lipinski definition) is 4. The van der Waals surface area contributed by atoms with Crippen LogP contribution in [-0.2, 0) is 4.79 Å². The summed E-state index contributed by atoms with van der Waals surface area (Å²) >= 11 is 0. The summed E-state index contributed by atoms with van der Waals surface area (Å²) in [5.41, 5.74) is 0.142. The molecule has 0 atom stereocenters. The van der Waals surface area contributed by atoms with Gasteiger partial charge >= 0.3 is 0 Å². The number of aliphatic hydroxyl groups is 1. The van der Waals surface area contributed by atoms with Crippen LogP contribution < -0.4 is 0 Å². The smallest absolute Gasteiger partial charge is 0.266 e. The lowest BCUT2D eigenvalue weighted by atomic mass is 10.1. The molecular weight excluding hydrogens is 218 g/mol. The van der Waals surface area contributed by atoms with Gasteiger partial charge in [0.1, 0.15) is 11.6 Å². The fraction of sp³-hybridized carbons (Fsp3) is 0.667. The first-order chi connectivity index (χ1) is 8.19. The van der Waals surface area contributed by atoms with Crippen molar-refractivity contribution in [2.75, 3.05) is 33.3 Å². The SMILES string of the molecule is CN(/C=C(/C#N)C(=O)N1CCCCC1)CCO. The van der Waals surface area contributed by atoms with E-state index in [9.17, 15) is 4.79 Å². The van der Waals surface area contributed by atoms with Crippen LogP contribution in [0, 0.1) is 11.3 Å². The van der Waals surface area contributed by atoms with E-state index in [0.29, 0.717) is 6.54 Å². The van der Waals surface area contributed by atoms with Gasteiger partial charge in [0.15, 0.2) is 0 Å². The van der Waals surface area contributed by atoms with Crippen LogP contribution in [0.2, 0.25) is 0 Å². The Labute approximate surface area is 102 Å². The van der Waals surface area contributed by atoms with Crippen molar-refractivity contribution in [3.63, 3.8) is 0 Å². The third kappa shape index (κ3) is 4.08. The second kappa shape index (κ2) is 6.92. The Bertz CT molecular complexity index is 327. The highest BCUT2D eigenvalue weighted by atomic mass is 16.3. The molecule has 0 spiro atoms. The van der Waals surface area contributed by atoms with Crippen molar-refractivity contribution < 1.29 is 9.90 Å². The summed E-state index contributed by atoms with van der Waals surface area (Å²) in [4.78, 5) is 15.4. The quantitative estimate of drug-likeness (QED) is 0.565. The summed E-state index contributed by atoms with van der Waals surface area (Å²) in [5.74, 6) is -0.197. The number of nitrogens with zero attached hydrogens (tertiary/aromatic N) is 3. The molecule has 5 heteroatoms. The third-order valence-electron chi connectivity index (χ3n) is 2.80. The highest BCUT2D eigenvalue weighted by molar-refractivity contribution is 5.97. The van der Waals surface area contributed by atoms with Gasteiger partial charge in [-0.25, -0.2) is 0 Å². The van der Waals surface area contributed by atoms with Gasteiger partial charge in [-0.15, -0.1) is 0 Å². The summed E-state index contributed by atoms with van der Waals surface area (Å²) in [7, 11) is 1.73. The van der Waals surface area contributed by atoms with E-state index in [0.717, 1.165) is 32.4 Å². The Hall–Kier alpha value is -1.54. The van der Waals surface area contributed by atoms with Gasteiger partial charge in [-0.05, 0) is 19.3 Å². The molecule has 0 saturated carbocycles. The molecule has 1 fully saturated rings. The number of rotatable bonds is 4. The molecule has 0 aliphatic carbocycles. The number of likely N-dealkylation sites (N-methyl/N-ethyl adjacent to an activating group) is 1. The average molecular weight is 237 g/mol. The molecule has 1 aliphatic heterocycles. The summed E-state index contributed by atoms with van der Waals surface area (Å²) in [5, 5.41) is 17.7. The molecule has 1 aliphatic rings. The standard InChI is InChI=1S/C12H19N3O2/c1-14(7-8-16)10-11(9-13)12(17)15-5-3-2-4-6-15/h10,16H,2-8H2,1H3/b11-10-. The molecule has 1 amide bonds. The molecule has 94 valence electrons. The summed E-state index contributed by atoms with van der Waals surface area (Å²) in [6.07, 6.45) is 4.68. The van der Waals surface area contributed by atoms with E-state index in [1.54, 1.807) is 16.8 Å². The van der Waals surface area contributed by atoms with Gasteiger partial charge in [-0.2, -0.15) is 5.26 Å². The number of aliphatic hydroxyl groups excluding tert-OH is 1. The van der Waals surface area contributed by atoms with Crippen LogP contribution in [0.1, 0.15) is 19.3 Å². The number of nitriles is 1. The lowest BCUT2D eigenvalue weighted by molar-refractivity contribution is -0.127. The molecule has 1 saturated heterocycles. The summed E-state index contributed by atoms with van der Waals surface area (Å²) < 4.78 is 0.